The number of carbonyl (C=O) groups excluding carboxylic acids is 1. The van der Waals surface area contributed by atoms with Gasteiger partial charge in [0.05, 0.1) is 19.3 Å². The van der Waals surface area contributed by atoms with Crippen LogP contribution in [0.15, 0.2) is 18.2 Å². The summed E-state index contributed by atoms with van der Waals surface area (Å²) >= 11 is 5.94. The highest BCUT2D eigenvalue weighted by Crippen LogP contribution is 2.27. The molecule has 1 atom stereocenters. The van der Waals surface area contributed by atoms with Gasteiger partial charge in [0, 0.05) is 18.2 Å². The number of hydrogen-bond acceptors (Lipinski definition) is 4. The number of hydrogen-bond donors (Lipinski definition) is 2. The monoisotopic (exact) mass is 312 g/mol. The van der Waals surface area contributed by atoms with E-state index >= 15 is 0 Å². The number of benzene rings is 1. The third-order valence-corrected chi connectivity index (χ3v) is 3.95. The van der Waals surface area contributed by atoms with E-state index in [1.807, 2.05) is 0 Å². The van der Waals surface area contributed by atoms with Gasteiger partial charge in [0.1, 0.15) is 5.75 Å². The topological polar surface area (TPSA) is 61.8 Å². The number of aliphatic hydroxyl groups excluding tert-OH is 1. The molecule has 116 valence electrons. The van der Waals surface area contributed by atoms with E-state index in [1.165, 1.54) is 0 Å². The van der Waals surface area contributed by atoms with Crippen molar-refractivity contribution < 1.29 is 14.6 Å². The molecule has 1 heterocycles. The van der Waals surface area contributed by atoms with Gasteiger partial charge in [0.15, 0.2) is 0 Å². The molecule has 1 aliphatic heterocycles. The van der Waals surface area contributed by atoms with Crippen molar-refractivity contribution >= 4 is 23.2 Å². The van der Waals surface area contributed by atoms with Gasteiger partial charge in [-0.2, -0.15) is 0 Å². The van der Waals surface area contributed by atoms with Crippen LogP contribution in [0.2, 0.25) is 5.02 Å². The first-order valence-electron chi connectivity index (χ1n) is 7.09. The Hall–Kier alpha value is -1.30. The molecule has 21 heavy (non-hydrogen) atoms. The van der Waals surface area contributed by atoms with Gasteiger partial charge in [-0.3, -0.25) is 9.69 Å². The second-order valence-corrected chi connectivity index (χ2v) is 5.73. The standard InChI is InChI=1S/C15H21ClN2O3/c1-21-14-3-2-12(16)8-13(14)17-15(20)10-18-6-4-11(9-18)5-7-19/h2-3,8,11,19H,4-7,9-10H2,1H3,(H,17,20). The van der Waals surface area contributed by atoms with Crippen molar-refractivity contribution in [3.8, 4) is 5.75 Å². The fourth-order valence-corrected chi connectivity index (χ4v) is 2.82. The first-order valence-corrected chi connectivity index (χ1v) is 7.46. The van der Waals surface area contributed by atoms with Crippen LogP contribution >= 0.6 is 11.6 Å². The molecule has 0 bridgehead atoms. The zero-order valence-corrected chi connectivity index (χ0v) is 12.9. The minimum absolute atomic E-state index is 0.0831. The van der Waals surface area contributed by atoms with Crippen molar-refractivity contribution in [2.75, 3.05) is 38.7 Å². The average Bonchev–Trinajstić information content (AvgIpc) is 2.86. The van der Waals surface area contributed by atoms with Crippen LogP contribution in [0.25, 0.3) is 0 Å². The first-order chi connectivity index (χ1) is 10.1. The summed E-state index contributed by atoms with van der Waals surface area (Å²) in [5, 5.41) is 12.3. The second kappa shape index (κ2) is 7.64. The van der Waals surface area contributed by atoms with E-state index in [9.17, 15) is 4.79 Å². The number of likely N-dealkylation sites (tertiary alicyclic amines) is 1. The summed E-state index contributed by atoms with van der Waals surface area (Å²) in [7, 11) is 1.55. The highest BCUT2D eigenvalue weighted by Gasteiger charge is 2.23. The zero-order chi connectivity index (χ0) is 15.2. The molecule has 1 aromatic rings. The summed E-state index contributed by atoms with van der Waals surface area (Å²) in [6, 6.07) is 5.12. The largest absolute Gasteiger partial charge is 0.495 e. The summed E-state index contributed by atoms with van der Waals surface area (Å²) in [6.07, 6.45) is 1.84. The number of rotatable bonds is 6. The van der Waals surface area contributed by atoms with E-state index < -0.39 is 0 Å². The SMILES string of the molecule is COc1ccc(Cl)cc1NC(=O)CN1CCC(CCO)C1. The van der Waals surface area contributed by atoms with Crippen LogP contribution in [0.5, 0.6) is 5.75 Å². The van der Waals surface area contributed by atoms with Crippen molar-refractivity contribution in [3.63, 3.8) is 0 Å². The lowest BCUT2D eigenvalue weighted by atomic mass is 10.1. The summed E-state index contributed by atoms with van der Waals surface area (Å²) in [6.45, 7) is 2.31. The maximum absolute atomic E-state index is 12.1. The van der Waals surface area contributed by atoms with Crippen LogP contribution in [-0.2, 0) is 4.79 Å². The number of anilines is 1. The molecule has 2 rings (SSSR count). The van der Waals surface area contributed by atoms with Crippen molar-refractivity contribution in [1.82, 2.24) is 4.90 Å². The van der Waals surface area contributed by atoms with Gasteiger partial charge >= 0.3 is 0 Å². The van der Waals surface area contributed by atoms with Crippen LogP contribution in [-0.4, -0.2) is 49.3 Å². The number of nitrogens with one attached hydrogen (secondary N) is 1. The van der Waals surface area contributed by atoms with E-state index in [4.69, 9.17) is 21.4 Å². The lowest BCUT2D eigenvalue weighted by Gasteiger charge is -2.16. The fraction of sp³-hybridized carbons (Fsp3) is 0.533. The van der Waals surface area contributed by atoms with E-state index in [0.717, 1.165) is 25.9 Å². The van der Waals surface area contributed by atoms with Gasteiger partial charge in [0.25, 0.3) is 0 Å². The predicted molar refractivity (Wildman–Crippen MR) is 82.9 cm³/mol. The maximum atomic E-state index is 12.1. The Kier molecular flexibility index (Phi) is 5.85. The van der Waals surface area contributed by atoms with Crippen molar-refractivity contribution in [1.29, 1.82) is 0 Å². The molecule has 0 aromatic heterocycles. The van der Waals surface area contributed by atoms with Gasteiger partial charge in [-0.25, -0.2) is 0 Å². The molecule has 0 saturated carbocycles. The molecule has 6 heteroatoms. The van der Waals surface area contributed by atoms with Crippen LogP contribution < -0.4 is 10.1 Å². The van der Waals surface area contributed by atoms with Crippen molar-refractivity contribution in [3.05, 3.63) is 23.2 Å². The Labute approximate surface area is 129 Å². The van der Waals surface area contributed by atoms with Crippen molar-refractivity contribution in [2.24, 2.45) is 5.92 Å². The van der Waals surface area contributed by atoms with Gasteiger partial charge in [0.2, 0.25) is 5.91 Å². The number of carbonyl (C=O) groups is 1. The molecule has 1 amide bonds. The quantitative estimate of drug-likeness (QED) is 0.843. The first kappa shape index (κ1) is 16.1. The Morgan fingerprint density at radius 3 is 3.10 bits per heavy atom. The molecule has 1 saturated heterocycles. The van der Waals surface area contributed by atoms with Gasteiger partial charge < -0.3 is 15.2 Å². The number of aliphatic hydroxyl groups is 1. The molecule has 1 unspecified atom stereocenters. The minimum Gasteiger partial charge on any atom is -0.495 e. The summed E-state index contributed by atoms with van der Waals surface area (Å²) in [4.78, 5) is 14.2. The number of ether oxygens (including phenoxy) is 1. The van der Waals surface area contributed by atoms with Crippen LogP contribution in [0, 0.1) is 5.92 Å². The smallest absolute Gasteiger partial charge is 0.238 e. The van der Waals surface area contributed by atoms with Crippen LogP contribution in [0.3, 0.4) is 0 Å². The average molecular weight is 313 g/mol. The molecular formula is C15H21ClN2O3. The lowest BCUT2D eigenvalue weighted by molar-refractivity contribution is -0.117. The lowest BCUT2D eigenvalue weighted by Crippen LogP contribution is -2.31. The van der Waals surface area contributed by atoms with Gasteiger partial charge in [-0.1, -0.05) is 11.6 Å². The molecule has 0 aliphatic carbocycles. The Morgan fingerprint density at radius 2 is 2.38 bits per heavy atom. The van der Waals surface area contributed by atoms with E-state index in [1.54, 1.807) is 25.3 Å². The number of halogens is 1. The molecule has 2 N–H and O–H groups in total. The molecule has 5 nitrogen and oxygen atoms in total. The summed E-state index contributed by atoms with van der Waals surface area (Å²) < 4.78 is 5.21. The molecule has 1 aromatic carbocycles. The molecule has 0 spiro atoms. The number of amides is 1. The highest BCUT2D eigenvalue weighted by molar-refractivity contribution is 6.31. The molecule has 1 fully saturated rings. The molecule has 0 radical (unpaired) electrons. The number of methoxy groups -OCH3 is 1. The Bertz CT molecular complexity index is 496. The van der Waals surface area contributed by atoms with E-state index in [2.05, 4.69) is 10.2 Å². The van der Waals surface area contributed by atoms with Crippen molar-refractivity contribution in [2.45, 2.75) is 12.8 Å². The van der Waals surface area contributed by atoms with Gasteiger partial charge in [-0.15, -0.1) is 0 Å². The number of nitrogens with zero attached hydrogens (tertiary/aromatic N) is 1. The van der Waals surface area contributed by atoms with E-state index in [-0.39, 0.29) is 12.5 Å². The third kappa shape index (κ3) is 4.59. The Balaban J connectivity index is 1.89. The molecular weight excluding hydrogens is 292 g/mol. The summed E-state index contributed by atoms with van der Waals surface area (Å²) in [5.74, 6) is 0.996. The minimum atomic E-state index is -0.0831. The summed E-state index contributed by atoms with van der Waals surface area (Å²) in [5.41, 5.74) is 0.584. The Morgan fingerprint density at radius 1 is 1.57 bits per heavy atom. The molecule has 1 aliphatic rings. The normalized spacial score (nSPS) is 18.7. The zero-order valence-electron chi connectivity index (χ0n) is 12.1. The highest BCUT2D eigenvalue weighted by atomic mass is 35.5. The fourth-order valence-electron chi connectivity index (χ4n) is 2.65. The van der Waals surface area contributed by atoms with Crippen LogP contribution in [0.1, 0.15) is 12.8 Å². The van der Waals surface area contributed by atoms with Crippen LogP contribution in [0.4, 0.5) is 5.69 Å². The predicted octanol–water partition coefficient (Wildman–Crippen LogP) is 1.99. The maximum Gasteiger partial charge on any atom is 0.238 e. The second-order valence-electron chi connectivity index (χ2n) is 5.29. The third-order valence-electron chi connectivity index (χ3n) is 3.71. The van der Waals surface area contributed by atoms with E-state index in [0.29, 0.717) is 28.9 Å². The van der Waals surface area contributed by atoms with Gasteiger partial charge in [-0.05, 0) is 43.5 Å².